The van der Waals surface area contributed by atoms with E-state index in [9.17, 15) is 9.59 Å². The Morgan fingerprint density at radius 3 is 2.51 bits per heavy atom. The molecule has 45 heavy (non-hydrogen) atoms. The Bertz CT molecular complexity index is 1850. The summed E-state index contributed by atoms with van der Waals surface area (Å²) in [6, 6.07) is 10.3. The van der Waals surface area contributed by atoms with Crippen molar-refractivity contribution in [3.05, 3.63) is 42.1 Å². The fraction of sp³-hybridized carbons (Fsp3) is 0.543. The van der Waals surface area contributed by atoms with E-state index in [1.807, 2.05) is 34.2 Å². The highest BCUT2D eigenvalue weighted by atomic mass is 16.5. The van der Waals surface area contributed by atoms with E-state index in [0.29, 0.717) is 47.4 Å². The second-order valence-corrected chi connectivity index (χ2v) is 14.5. The maximum atomic E-state index is 13.9. The Morgan fingerprint density at radius 2 is 1.82 bits per heavy atom. The summed E-state index contributed by atoms with van der Waals surface area (Å²) in [6.45, 7) is 6.00. The van der Waals surface area contributed by atoms with Gasteiger partial charge in [-0.15, -0.1) is 0 Å². The van der Waals surface area contributed by atoms with Crippen LogP contribution in [0.3, 0.4) is 0 Å². The largest absolute Gasteiger partial charge is 0.494 e. The van der Waals surface area contributed by atoms with Gasteiger partial charge in [-0.05, 0) is 80.2 Å². The van der Waals surface area contributed by atoms with E-state index in [-0.39, 0.29) is 23.9 Å². The normalized spacial score (nSPS) is 27.5. The zero-order chi connectivity index (χ0) is 30.6. The number of methoxy groups -OCH3 is 1. The second-order valence-electron chi connectivity index (χ2n) is 14.5. The zero-order valence-corrected chi connectivity index (χ0v) is 26.1. The third-order valence-corrected chi connectivity index (χ3v) is 11.3. The van der Waals surface area contributed by atoms with Crippen molar-refractivity contribution in [2.75, 3.05) is 26.7 Å². The number of amides is 2. The van der Waals surface area contributed by atoms with Crippen LogP contribution < -0.4 is 10.5 Å². The molecule has 2 unspecified atom stereocenters. The lowest BCUT2D eigenvalue weighted by Crippen LogP contribution is -2.52. The highest BCUT2D eigenvalue weighted by Gasteiger charge is 2.47. The van der Waals surface area contributed by atoms with Crippen LogP contribution in [0.4, 0.5) is 0 Å². The number of piperidine rings is 1. The smallest absolute Gasteiger partial charge is 0.254 e. The number of pyridine rings is 1. The molecule has 10 heteroatoms. The van der Waals surface area contributed by atoms with E-state index in [4.69, 9.17) is 20.4 Å². The van der Waals surface area contributed by atoms with E-state index in [1.54, 1.807) is 7.11 Å². The average Bonchev–Trinajstić information content (AvgIpc) is 3.85. The summed E-state index contributed by atoms with van der Waals surface area (Å²) in [5, 5.41) is 1.09. The van der Waals surface area contributed by atoms with Gasteiger partial charge in [0.25, 0.3) is 5.91 Å². The van der Waals surface area contributed by atoms with Gasteiger partial charge in [0.2, 0.25) is 5.91 Å². The molecule has 5 fully saturated rings. The molecule has 5 heterocycles. The van der Waals surface area contributed by atoms with Crippen molar-refractivity contribution in [2.45, 2.75) is 64.2 Å². The number of aromatic nitrogens is 4. The maximum Gasteiger partial charge on any atom is 0.254 e. The molecular formula is C35H41N7O3. The highest BCUT2D eigenvalue weighted by Crippen LogP contribution is 2.43. The predicted octanol–water partition coefficient (Wildman–Crippen LogP) is 4.15. The van der Waals surface area contributed by atoms with Crippen molar-refractivity contribution in [1.29, 1.82) is 0 Å². The number of hydrogen-bond acceptors (Lipinski definition) is 6. The van der Waals surface area contributed by atoms with Crippen LogP contribution in [-0.2, 0) is 17.9 Å². The topological polar surface area (TPSA) is 112 Å². The van der Waals surface area contributed by atoms with Crippen molar-refractivity contribution in [1.82, 2.24) is 28.9 Å². The molecule has 9 rings (SSSR count). The maximum absolute atomic E-state index is 13.9. The molecule has 10 nitrogen and oxygen atoms in total. The Labute approximate surface area is 262 Å². The van der Waals surface area contributed by atoms with E-state index in [2.05, 4.69) is 28.2 Å². The predicted molar refractivity (Wildman–Crippen MR) is 171 cm³/mol. The van der Waals surface area contributed by atoms with Crippen molar-refractivity contribution in [3.63, 3.8) is 0 Å². The van der Waals surface area contributed by atoms with Crippen molar-refractivity contribution < 1.29 is 14.3 Å². The molecule has 2 aliphatic heterocycles. The van der Waals surface area contributed by atoms with Crippen LogP contribution in [0, 0.1) is 29.6 Å². The quantitative estimate of drug-likeness (QED) is 0.322. The Hall–Kier alpha value is -3.92. The molecule has 2 bridgehead atoms. The number of carbonyl (C=O) groups is 2. The number of ether oxygens (including phenoxy) is 1. The van der Waals surface area contributed by atoms with Gasteiger partial charge >= 0.3 is 0 Å². The minimum atomic E-state index is 0.00319. The molecule has 234 valence electrons. The molecule has 3 aromatic heterocycles. The molecule has 0 radical (unpaired) electrons. The van der Waals surface area contributed by atoms with Crippen LogP contribution in [0.5, 0.6) is 5.75 Å². The van der Waals surface area contributed by atoms with Crippen LogP contribution in [0.25, 0.3) is 33.6 Å². The van der Waals surface area contributed by atoms with Gasteiger partial charge in [0.1, 0.15) is 16.9 Å². The standard InChI is InChI=1S/C35H41N7O3/c1-19-10-25(19)35(44)39-14-21(15-39)17-42-31-26(11-24(13-29(31)45-2)34(43)41-18-23-7-8-27(41)30(23)36)38-33(42)28-12-22-4-3-9-37-32(22)40(28)16-20-5-6-20/h3-4,9,11-13,19-21,23,25,27,30H,5-8,10,14-18,36H2,1-2H3/t19-,23?,25-,27?,30-/m1/s1. The summed E-state index contributed by atoms with van der Waals surface area (Å²) in [4.78, 5) is 40.9. The van der Waals surface area contributed by atoms with Crippen molar-refractivity contribution in [3.8, 4) is 17.3 Å². The van der Waals surface area contributed by atoms with Gasteiger partial charge in [-0.2, -0.15) is 0 Å². The molecule has 2 amide bonds. The third-order valence-electron chi connectivity index (χ3n) is 11.3. The van der Waals surface area contributed by atoms with Gasteiger partial charge in [-0.3, -0.25) is 9.59 Å². The average molecular weight is 608 g/mol. The van der Waals surface area contributed by atoms with E-state index in [0.717, 1.165) is 79.0 Å². The van der Waals surface area contributed by atoms with Crippen LogP contribution in [-0.4, -0.2) is 79.5 Å². The van der Waals surface area contributed by atoms with Gasteiger partial charge in [0.05, 0.1) is 18.3 Å². The SMILES string of the molecule is COc1cc(C(=O)N2CC3CCC2[C@@H]3N)cc2nc(-c3cc4cccnc4n3CC3CC3)n(CC3CN(C(=O)[C@@H]4C[C@H]4C)C3)c12. The molecule has 0 spiro atoms. The van der Waals surface area contributed by atoms with Crippen LogP contribution in [0.1, 0.15) is 49.4 Å². The minimum Gasteiger partial charge on any atom is -0.494 e. The molecule has 2 N–H and O–H groups in total. The first-order valence-corrected chi connectivity index (χ1v) is 16.8. The monoisotopic (exact) mass is 607 g/mol. The van der Waals surface area contributed by atoms with E-state index in [1.165, 1.54) is 12.8 Å². The fourth-order valence-electron chi connectivity index (χ4n) is 8.37. The minimum absolute atomic E-state index is 0.00319. The summed E-state index contributed by atoms with van der Waals surface area (Å²) >= 11 is 0. The number of hydrogen-bond donors (Lipinski definition) is 1. The van der Waals surface area contributed by atoms with Gasteiger partial charge in [-0.1, -0.05) is 6.92 Å². The number of benzene rings is 1. The lowest BCUT2D eigenvalue weighted by atomic mass is 9.98. The molecule has 3 aliphatic carbocycles. The molecule has 5 atom stereocenters. The molecule has 3 saturated carbocycles. The highest BCUT2D eigenvalue weighted by molar-refractivity contribution is 6.00. The Balaban J connectivity index is 1.14. The van der Waals surface area contributed by atoms with Gasteiger partial charge in [-0.25, -0.2) is 9.97 Å². The first-order chi connectivity index (χ1) is 21.9. The Morgan fingerprint density at radius 1 is 1.02 bits per heavy atom. The van der Waals surface area contributed by atoms with Gasteiger partial charge in [0, 0.05) is 73.8 Å². The number of likely N-dealkylation sites (tertiary alicyclic amines) is 2. The summed E-state index contributed by atoms with van der Waals surface area (Å²) < 4.78 is 10.6. The molecular weight excluding hydrogens is 566 g/mol. The van der Waals surface area contributed by atoms with E-state index < -0.39 is 0 Å². The molecule has 5 aliphatic rings. The van der Waals surface area contributed by atoms with Gasteiger partial charge < -0.3 is 29.4 Å². The zero-order valence-electron chi connectivity index (χ0n) is 26.1. The third kappa shape index (κ3) is 4.39. The fourth-order valence-corrected chi connectivity index (χ4v) is 8.37. The second kappa shape index (κ2) is 10.0. The first-order valence-electron chi connectivity index (χ1n) is 16.8. The number of carbonyl (C=O) groups excluding carboxylic acids is 2. The van der Waals surface area contributed by atoms with Crippen LogP contribution in [0.2, 0.25) is 0 Å². The van der Waals surface area contributed by atoms with Gasteiger partial charge in [0.15, 0.2) is 5.82 Å². The number of nitrogens with two attached hydrogens (primary N) is 1. The Kier molecular flexibility index (Phi) is 6.11. The number of rotatable bonds is 8. The molecule has 4 aromatic rings. The van der Waals surface area contributed by atoms with E-state index >= 15 is 0 Å². The lowest BCUT2D eigenvalue weighted by molar-refractivity contribution is -0.139. The molecule has 1 aromatic carbocycles. The molecule has 2 saturated heterocycles. The summed E-state index contributed by atoms with van der Waals surface area (Å²) in [7, 11) is 1.67. The summed E-state index contributed by atoms with van der Waals surface area (Å²) in [5.41, 5.74) is 10.7. The number of fused-ring (bicyclic) bond motifs is 4. The van der Waals surface area contributed by atoms with Crippen LogP contribution >= 0.6 is 0 Å². The summed E-state index contributed by atoms with van der Waals surface area (Å²) in [5.74, 6) is 3.87. The lowest BCUT2D eigenvalue weighted by Gasteiger charge is -2.40. The number of imidazole rings is 1. The summed E-state index contributed by atoms with van der Waals surface area (Å²) in [6.07, 6.45) is 7.40. The first kappa shape index (κ1) is 27.4. The van der Waals surface area contributed by atoms with Crippen molar-refractivity contribution >= 4 is 33.9 Å². The van der Waals surface area contributed by atoms with Crippen LogP contribution in [0.15, 0.2) is 36.5 Å². The number of nitrogens with zero attached hydrogens (tertiary/aromatic N) is 6. The van der Waals surface area contributed by atoms with Crippen molar-refractivity contribution in [2.24, 2.45) is 35.3 Å².